The van der Waals surface area contributed by atoms with Gasteiger partial charge in [-0.1, -0.05) is 32.0 Å². The topological polar surface area (TPSA) is 59.0 Å². The van der Waals surface area contributed by atoms with Gasteiger partial charge in [-0.25, -0.2) is 9.18 Å². The Bertz CT molecular complexity index is 1530. The maximum atomic E-state index is 14.8. The Hall–Kier alpha value is -3.80. The van der Waals surface area contributed by atoms with Crippen molar-refractivity contribution in [2.45, 2.75) is 77.2 Å². The molecule has 1 aliphatic rings. The molecule has 12 heteroatoms. The monoisotopic (exact) mass is 627 g/mol. The van der Waals surface area contributed by atoms with Crippen LogP contribution in [0.2, 0.25) is 0 Å². The Labute approximate surface area is 250 Å². The molecule has 1 fully saturated rings. The first-order valence-electron chi connectivity index (χ1n) is 13.7. The van der Waals surface area contributed by atoms with Crippen molar-refractivity contribution in [3.8, 4) is 16.9 Å². The summed E-state index contributed by atoms with van der Waals surface area (Å²) in [5.41, 5.74) is -2.49. The summed E-state index contributed by atoms with van der Waals surface area (Å²) in [6.45, 7) is 7.99. The van der Waals surface area contributed by atoms with Gasteiger partial charge in [0.15, 0.2) is 0 Å². The number of hydrogen-bond donors (Lipinski definition) is 1. The number of nitrogens with zero attached hydrogens (tertiary/aromatic N) is 1. The van der Waals surface area contributed by atoms with Crippen molar-refractivity contribution in [3.05, 3.63) is 87.7 Å². The van der Waals surface area contributed by atoms with E-state index in [2.05, 4.69) is 0 Å². The fourth-order valence-electron chi connectivity index (χ4n) is 5.25. The summed E-state index contributed by atoms with van der Waals surface area (Å²) < 4.78 is 107. The van der Waals surface area contributed by atoms with Crippen molar-refractivity contribution in [2.24, 2.45) is 0 Å². The quantitative estimate of drug-likeness (QED) is 0.266. The molecule has 238 valence electrons. The number of cyclic esters (lactones) is 1. The van der Waals surface area contributed by atoms with Gasteiger partial charge in [0.2, 0.25) is 0 Å². The number of carbonyl (C=O) groups is 1. The summed E-state index contributed by atoms with van der Waals surface area (Å²) in [6, 6.07) is 7.94. The van der Waals surface area contributed by atoms with Gasteiger partial charge in [-0.3, -0.25) is 4.90 Å². The van der Waals surface area contributed by atoms with Crippen molar-refractivity contribution < 1.29 is 50.1 Å². The van der Waals surface area contributed by atoms with E-state index in [0.717, 1.165) is 0 Å². The number of benzene rings is 3. The van der Waals surface area contributed by atoms with E-state index < -0.39 is 58.7 Å². The predicted octanol–water partition coefficient (Wildman–Crippen LogP) is 8.97. The normalized spacial score (nSPS) is 17.8. The molecule has 5 nitrogen and oxygen atoms in total. The maximum absolute atomic E-state index is 14.8. The number of amides is 1. The van der Waals surface area contributed by atoms with E-state index >= 15 is 0 Å². The van der Waals surface area contributed by atoms with Crippen LogP contribution in [0.15, 0.2) is 48.5 Å². The van der Waals surface area contributed by atoms with Crippen LogP contribution in [0.4, 0.5) is 35.5 Å². The first-order valence-corrected chi connectivity index (χ1v) is 13.7. The molecule has 1 N–H and O–H groups in total. The molecule has 1 aliphatic heterocycles. The largest absolute Gasteiger partial charge is 0.496 e. The minimum Gasteiger partial charge on any atom is -0.496 e. The van der Waals surface area contributed by atoms with Gasteiger partial charge in [0.25, 0.3) is 0 Å². The van der Waals surface area contributed by atoms with Crippen molar-refractivity contribution >= 4 is 6.09 Å². The Kier molecular flexibility index (Phi) is 8.73. The fourth-order valence-corrected chi connectivity index (χ4v) is 5.25. The van der Waals surface area contributed by atoms with Crippen LogP contribution < -0.4 is 4.74 Å². The molecule has 0 unspecified atom stereocenters. The highest BCUT2D eigenvalue weighted by molar-refractivity contribution is 5.76. The average Bonchev–Trinajstić information content (AvgIpc) is 3.19. The molecule has 0 aromatic heterocycles. The molecule has 44 heavy (non-hydrogen) atoms. The van der Waals surface area contributed by atoms with Crippen molar-refractivity contribution in [3.63, 3.8) is 0 Å². The first kappa shape index (κ1) is 33.1. The molecule has 0 aliphatic carbocycles. The Balaban J connectivity index is 1.81. The Morgan fingerprint density at radius 1 is 0.909 bits per heavy atom. The summed E-state index contributed by atoms with van der Waals surface area (Å²) in [6.07, 6.45) is -12.5. The minimum atomic E-state index is -5.07. The van der Waals surface area contributed by atoms with Gasteiger partial charge in [-0.05, 0) is 78.8 Å². The predicted molar refractivity (Wildman–Crippen MR) is 148 cm³/mol. The minimum absolute atomic E-state index is 0.0125. The SMILES string of the molecule is COc1cc(F)c(C(C)C)cc1-c1ccc(C(C)(C)O)cc1CN1C(=O)O[C@H](c2cc(C(F)(F)F)cc(C(F)(F)F)c2)[C@@H]1C. The smallest absolute Gasteiger partial charge is 0.416 e. The van der Waals surface area contributed by atoms with E-state index in [1.54, 1.807) is 38.1 Å². The van der Waals surface area contributed by atoms with E-state index in [4.69, 9.17) is 9.47 Å². The molecular weight excluding hydrogens is 595 g/mol. The molecule has 1 amide bonds. The molecule has 4 rings (SSSR count). The highest BCUT2D eigenvalue weighted by Gasteiger charge is 2.43. The average molecular weight is 628 g/mol. The van der Waals surface area contributed by atoms with E-state index in [1.807, 2.05) is 13.8 Å². The van der Waals surface area contributed by atoms with Gasteiger partial charge in [0.05, 0.1) is 36.4 Å². The van der Waals surface area contributed by atoms with Crippen LogP contribution in [-0.4, -0.2) is 29.3 Å². The maximum Gasteiger partial charge on any atom is 0.416 e. The molecule has 1 saturated heterocycles. The number of carbonyl (C=O) groups excluding carboxylic acids is 1. The second kappa shape index (κ2) is 11.6. The molecule has 3 aromatic rings. The van der Waals surface area contributed by atoms with Crippen LogP contribution in [0.5, 0.6) is 5.75 Å². The van der Waals surface area contributed by atoms with Gasteiger partial charge in [0, 0.05) is 11.6 Å². The second-order valence-corrected chi connectivity index (χ2v) is 11.7. The summed E-state index contributed by atoms with van der Waals surface area (Å²) >= 11 is 0. The van der Waals surface area contributed by atoms with Crippen LogP contribution in [0, 0.1) is 5.82 Å². The molecule has 2 atom stereocenters. The molecule has 0 spiro atoms. The van der Waals surface area contributed by atoms with Crippen LogP contribution >= 0.6 is 0 Å². The lowest BCUT2D eigenvalue weighted by atomic mass is 9.89. The molecule has 1 heterocycles. The number of halogens is 7. The number of methoxy groups -OCH3 is 1. The Morgan fingerprint density at radius 3 is 2.00 bits per heavy atom. The first-order chi connectivity index (χ1) is 20.2. The molecule has 3 aromatic carbocycles. The van der Waals surface area contributed by atoms with Crippen LogP contribution in [0.1, 0.15) is 80.0 Å². The van der Waals surface area contributed by atoms with E-state index in [-0.39, 0.29) is 24.3 Å². The van der Waals surface area contributed by atoms with Gasteiger partial charge in [0.1, 0.15) is 17.7 Å². The summed E-state index contributed by atoms with van der Waals surface area (Å²) in [7, 11) is 1.37. The van der Waals surface area contributed by atoms with Crippen LogP contribution in [-0.2, 0) is 29.2 Å². The van der Waals surface area contributed by atoms with Gasteiger partial charge in [-0.15, -0.1) is 0 Å². The lowest BCUT2D eigenvalue weighted by Crippen LogP contribution is -2.32. The lowest BCUT2D eigenvalue weighted by Gasteiger charge is -2.26. The van der Waals surface area contributed by atoms with E-state index in [1.165, 1.54) is 25.0 Å². The standard InChI is InChI=1S/C32H32F7NO4/c1-16(2)24-13-25(27(43-6)14-26(24)33)23-8-7-20(30(4,5)42)11-19(23)15-40-17(3)28(44-29(40)41)18-9-21(31(34,35)36)12-22(10-18)32(37,38)39/h7-14,16-17,28,42H,15H2,1-6H3/t17-,28-/m0/s1. The highest BCUT2D eigenvalue weighted by atomic mass is 19.4. The summed E-state index contributed by atoms with van der Waals surface area (Å²) in [5, 5.41) is 10.7. The third kappa shape index (κ3) is 6.64. The summed E-state index contributed by atoms with van der Waals surface area (Å²) in [5.74, 6) is -0.473. The van der Waals surface area contributed by atoms with E-state index in [9.17, 15) is 40.6 Å². The van der Waals surface area contributed by atoms with Crippen LogP contribution in [0.3, 0.4) is 0 Å². The van der Waals surface area contributed by atoms with Crippen LogP contribution in [0.25, 0.3) is 11.1 Å². The van der Waals surface area contributed by atoms with Gasteiger partial charge < -0.3 is 14.6 Å². The zero-order valence-corrected chi connectivity index (χ0v) is 24.8. The second-order valence-electron chi connectivity index (χ2n) is 11.7. The summed E-state index contributed by atoms with van der Waals surface area (Å²) in [4.78, 5) is 14.3. The molecule has 0 saturated carbocycles. The molecular formula is C32H32F7NO4. The molecule has 0 radical (unpaired) electrons. The third-order valence-electron chi connectivity index (χ3n) is 7.71. The number of rotatable bonds is 7. The molecule has 0 bridgehead atoms. The van der Waals surface area contributed by atoms with Gasteiger partial charge in [-0.2, -0.15) is 26.3 Å². The van der Waals surface area contributed by atoms with Gasteiger partial charge >= 0.3 is 18.4 Å². The zero-order valence-electron chi connectivity index (χ0n) is 24.8. The number of ether oxygens (including phenoxy) is 2. The van der Waals surface area contributed by atoms with Crippen molar-refractivity contribution in [1.29, 1.82) is 0 Å². The number of alkyl halides is 6. The zero-order chi connectivity index (χ0) is 32.9. The van der Waals surface area contributed by atoms with Crippen molar-refractivity contribution in [2.75, 3.05) is 7.11 Å². The number of aliphatic hydroxyl groups is 1. The lowest BCUT2D eigenvalue weighted by molar-refractivity contribution is -0.143. The number of hydrogen-bond acceptors (Lipinski definition) is 4. The third-order valence-corrected chi connectivity index (χ3v) is 7.71. The fraction of sp³-hybridized carbons (Fsp3) is 0.406. The van der Waals surface area contributed by atoms with E-state index in [0.29, 0.717) is 39.9 Å². The Morgan fingerprint density at radius 2 is 1.50 bits per heavy atom. The highest BCUT2D eigenvalue weighted by Crippen LogP contribution is 2.43. The van der Waals surface area contributed by atoms with Crippen molar-refractivity contribution in [1.82, 2.24) is 4.90 Å².